The number of para-hydroxylation sites is 1. The Bertz CT molecular complexity index is 1140. The highest BCUT2D eigenvalue weighted by Gasteiger charge is 2.61. The van der Waals surface area contributed by atoms with Gasteiger partial charge in [0.25, 0.3) is 0 Å². The minimum atomic E-state index is -0.952. The number of fused-ring (bicyclic) bond motifs is 1. The van der Waals surface area contributed by atoms with Crippen molar-refractivity contribution >= 4 is 23.6 Å². The molecular weight excluding hydrogens is 418 g/mol. The molecule has 0 unspecified atom stereocenters. The van der Waals surface area contributed by atoms with Crippen LogP contribution in [0.5, 0.6) is 17.2 Å². The van der Waals surface area contributed by atoms with Crippen LogP contribution in [-0.4, -0.2) is 31.1 Å². The molecule has 1 fully saturated rings. The van der Waals surface area contributed by atoms with Crippen LogP contribution in [-0.2, 0) is 9.59 Å². The molecule has 0 aromatic heterocycles. The zero-order valence-electron chi connectivity index (χ0n) is 18.9. The minimum Gasteiger partial charge on any atom is -0.502 e. The number of amides is 2. The third-order valence-electron chi connectivity index (χ3n) is 6.73. The molecule has 0 bridgehead atoms. The lowest BCUT2D eigenvalue weighted by Crippen LogP contribution is -2.42. The second kappa shape index (κ2) is 8.62. The van der Waals surface area contributed by atoms with Crippen LogP contribution < -0.4 is 14.4 Å². The number of carbonyl (C=O) groups is 2. The van der Waals surface area contributed by atoms with Crippen LogP contribution in [0.25, 0.3) is 6.08 Å². The SMILES string of the molecule is C=CC1=CC[C@H]2C(=O)N(c3ccccc3)C(=O)[C@@]2(C)[C@H]1C=Cc1cc(OC)c(O)c(OC)c1. The molecule has 33 heavy (non-hydrogen) atoms. The Morgan fingerprint density at radius 2 is 1.76 bits per heavy atom. The Balaban J connectivity index is 1.77. The number of rotatable bonds is 6. The van der Waals surface area contributed by atoms with Crippen molar-refractivity contribution < 1.29 is 24.2 Å². The maximum atomic E-state index is 13.7. The van der Waals surface area contributed by atoms with E-state index in [1.807, 2.05) is 43.4 Å². The summed E-state index contributed by atoms with van der Waals surface area (Å²) in [6.07, 6.45) is 7.99. The van der Waals surface area contributed by atoms with Crippen molar-refractivity contribution in [3.05, 3.63) is 78.4 Å². The number of carbonyl (C=O) groups excluding carboxylic acids is 2. The van der Waals surface area contributed by atoms with Crippen LogP contribution in [0.1, 0.15) is 18.9 Å². The van der Waals surface area contributed by atoms with Gasteiger partial charge in [0.2, 0.25) is 17.6 Å². The molecule has 0 saturated carbocycles. The number of methoxy groups -OCH3 is 2. The van der Waals surface area contributed by atoms with Crippen molar-refractivity contribution in [2.24, 2.45) is 17.3 Å². The van der Waals surface area contributed by atoms with Crippen molar-refractivity contribution in [3.8, 4) is 17.2 Å². The van der Waals surface area contributed by atoms with Gasteiger partial charge in [0.05, 0.1) is 31.2 Å². The molecular formula is C27H27NO5. The maximum Gasteiger partial charge on any atom is 0.241 e. The standard InChI is InChI=1S/C27H27NO5/c1-5-18-12-14-21-25(30)28(19-9-7-6-8-10-19)26(31)27(21,2)20(18)13-11-17-15-22(32-3)24(29)23(16-17)33-4/h5-13,15-16,20-21,29H,1,14H2,2-4H3/t20-,21-,27-/m0/s1. The lowest BCUT2D eigenvalue weighted by molar-refractivity contribution is -0.128. The van der Waals surface area contributed by atoms with Crippen LogP contribution in [0, 0.1) is 17.3 Å². The third-order valence-corrected chi connectivity index (χ3v) is 6.73. The Morgan fingerprint density at radius 1 is 1.12 bits per heavy atom. The van der Waals surface area contributed by atoms with Gasteiger partial charge in [-0.15, -0.1) is 0 Å². The highest BCUT2D eigenvalue weighted by molar-refractivity contribution is 6.24. The topological polar surface area (TPSA) is 76.1 Å². The summed E-state index contributed by atoms with van der Waals surface area (Å²) in [5, 5.41) is 10.2. The Labute approximate surface area is 193 Å². The van der Waals surface area contributed by atoms with E-state index in [0.717, 1.165) is 11.1 Å². The maximum absolute atomic E-state index is 13.7. The fourth-order valence-electron chi connectivity index (χ4n) is 4.89. The molecule has 4 rings (SSSR count). The van der Waals surface area contributed by atoms with Crippen molar-refractivity contribution in [3.63, 3.8) is 0 Å². The normalized spacial score (nSPS) is 24.6. The lowest BCUT2D eigenvalue weighted by Gasteiger charge is -2.38. The first-order valence-corrected chi connectivity index (χ1v) is 10.8. The van der Waals surface area contributed by atoms with Gasteiger partial charge in [0, 0.05) is 5.92 Å². The van der Waals surface area contributed by atoms with Gasteiger partial charge in [-0.1, -0.05) is 49.1 Å². The summed E-state index contributed by atoms with van der Waals surface area (Å²) in [4.78, 5) is 28.4. The van der Waals surface area contributed by atoms with Gasteiger partial charge in [-0.05, 0) is 48.7 Å². The number of nitrogens with zero attached hydrogens (tertiary/aromatic N) is 1. The van der Waals surface area contributed by atoms with Crippen molar-refractivity contribution in [1.82, 2.24) is 0 Å². The van der Waals surface area contributed by atoms with Crippen LogP contribution in [0.3, 0.4) is 0 Å². The predicted octanol–water partition coefficient (Wildman–Crippen LogP) is 4.75. The molecule has 2 aromatic rings. The van der Waals surface area contributed by atoms with Gasteiger partial charge in [0.15, 0.2) is 11.5 Å². The molecule has 1 N–H and O–H groups in total. The predicted molar refractivity (Wildman–Crippen MR) is 127 cm³/mol. The Hall–Kier alpha value is -3.80. The molecule has 0 spiro atoms. The number of anilines is 1. The molecule has 2 aliphatic rings. The Morgan fingerprint density at radius 3 is 2.33 bits per heavy atom. The van der Waals surface area contributed by atoms with E-state index in [1.54, 1.807) is 30.3 Å². The van der Waals surface area contributed by atoms with E-state index in [0.29, 0.717) is 12.1 Å². The van der Waals surface area contributed by atoms with Crippen molar-refractivity contribution in [2.75, 3.05) is 19.1 Å². The first-order valence-electron chi connectivity index (χ1n) is 10.8. The number of phenols is 1. The van der Waals surface area contributed by atoms with E-state index < -0.39 is 11.3 Å². The first-order chi connectivity index (χ1) is 15.9. The second-order valence-electron chi connectivity index (χ2n) is 8.40. The lowest BCUT2D eigenvalue weighted by atomic mass is 9.62. The van der Waals surface area contributed by atoms with E-state index in [2.05, 4.69) is 6.58 Å². The zero-order valence-corrected chi connectivity index (χ0v) is 18.9. The van der Waals surface area contributed by atoms with E-state index >= 15 is 0 Å². The van der Waals surface area contributed by atoms with Crippen LogP contribution >= 0.6 is 0 Å². The van der Waals surface area contributed by atoms with Crippen molar-refractivity contribution in [1.29, 1.82) is 0 Å². The quantitative estimate of drug-likeness (QED) is 0.650. The molecule has 0 radical (unpaired) electrons. The number of phenolic OH excluding ortho intramolecular Hbond substituents is 1. The summed E-state index contributed by atoms with van der Waals surface area (Å²) >= 11 is 0. The molecule has 6 nitrogen and oxygen atoms in total. The largest absolute Gasteiger partial charge is 0.502 e. The highest BCUT2D eigenvalue weighted by Crippen LogP contribution is 2.53. The highest BCUT2D eigenvalue weighted by atomic mass is 16.5. The first kappa shape index (κ1) is 22.4. The summed E-state index contributed by atoms with van der Waals surface area (Å²) in [5.41, 5.74) is 1.26. The summed E-state index contributed by atoms with van der Waals surface area (Å²) in [5.74, 6) is -0.737. The molecule has 6 heteroatoms. The second-order valence-corrected chi connectivity index (χ2v) is 8.40. The minimum absolute atomic E-state index is 0.0800. The summed E-state index contributed by atoms with van der Waals surface area (Å²) in [6, 6.07) is 12.4. The van der Waals surface area contributed by atoms with Gasteiger partial charge >= 0.3 is 0 Å². The van der Waals surface area contributed by atoms with Gasteiger partial charge < -0.3 is 14.6 Å². The summed E-state index contributed by atoms with van der Waals surface area (Å²) in [7, 11) is 2.93. The van der Waals surface area contributed by atoms with Crippen LogP contribution in [0.4, 0.5) is 5.69 Å². The number of ether oxygens (including phenoxy) is 2. The number of aromatic hydroxyl groups is 1. The molecule has 1 aliphatic carbocycles. The molecule has 170 valence electrons. The number of imide groups is 1. The monoisotopic (exact) mass is 445 g/mol. The zero-order chi connectivity index (χ0) is 23.8. The van der Waals surface area contributed by atoms with Gasteiger partial charge in [-0.2, -0.15) is 0 Å². The Kier molecular flexibility index (Phi) is 5.85. The molecule has 2 amide bonds. The van der Waals surface area contributed by atoms with E-state index in [-0.39, 0.29) is 35.0 Å². The van der Waals surface area contributed by atoms with Crippen LogP contribution in [0.15, 0.2) is 72.8 Å². The average Bonchev–Trinajstić information content (AvgIpc) is 3.03. The number of allylic oxidation sites excluding steroid dienone is 4. The van der Waals surface area contributed by atoms with E-state index in [4.69, 9.17) is 9.47 Å². The number of benzene rings is 2. The van der Waals surface area contributed by atoms with Crippen LogP contribution in [0.2, 0.25) is 0 Å². The molecule has 2 aromatic carbocycles. The average molecular weight is 446 g/mol. The third kappa shape index (κ3) is 3.52. The van der Waals surface area contributed by atoms with Crippen molar-refractivity contribution in [2.45, 2.75) is 13.3 Å². The molecule has 3 atom stereocenters. The summed E-state index contributed by atoms with van der Waals surface area (Å²) in [6.45, 7) is 5.80. The van der Waals surface area contributed by atoms with E-state index in [9.17, 15) is 14.7 Å². The van der Waals surface area contributed by atoms with Gasteiger partial charge in [-0.25, -0.2) is 4.90 Å². The molecule has 1 heterocycles. The summed E-state index contributed by atoms with van der Waals surface area (Å²) < 4.78 is 10.5. The fourth-order valence-corrected chi connectivity index (χ4v) is 4.89. The molecule has 1 aliphatic heterocycles. The van der Waals surface area contributed by atoms with E-state index in [1.165, 1.54) is 19.1 Å². The fraction of sp³-hybridized carbons (Fsp3) is 0.259. The van der Waals surface area contributed by atoms with Gasteiger partial charge in [0.1, 0.15) is 0 Å². The smallest absolute Gasteiger partial charge is 0.241 e. The van der Waals surface area contributed by atoms with Gasteiger partial charge in [-0.3, -0.25) is 9.59 Å². The number of hydrogen-bond acceptors (Lipinski definition) is 5. The number of hydrogen-bond donors (Lipinski definition) is 1. The molecule has 1 saturated heterocycles.